The zero-order valence-corrected chi connectivity index (χ0v) is 12.7. The summed E-state index contributed by atoms with van der Waals surface area (Å²) in [5.41, 5.74) is 0.486. The lowest BCUT2D eigenvalue weighted by atomic mass is 9.79. The van der Waals surface area contributed by atoms with E-state index in [2.05, 4.69) is 28.2 Å². The molecule has 1 heterocycles. The minimum Gasteiger partial charge on any atom is -0.309 e. The third-order valence-corrected chi connectivity index (χ3v) is 6.88. The average molecular weight is 268 g/mol. The molecular weight excluding hydrogens is 240 g/mol. The molecule has 3 heteroatoms. The van der Waals surface area contributed by atoms with Crippen LogP contribution in [0.1, 0.15) is 51.4 Å². The first-order chi connectivity index (χ1) is 8.76. The van der Waals surface area contributed by atoms with Gasteiger partial charge in [0.2, 0.25) is 0 Å². The molecule has 2 saturated carbocycles. The van der Waals surface area contributed by atoms with E-state index in [1.807, 2.05) is 0 Å². The number of thioether (sulfide) groups is 1. The van der Waals surface area contributed by atoms with Crippen molar-refractivity contribution < 1.29 is 0 Å². The Kier molecular flexibility index (Phi) is 3.93. The van der Waals surface area contributed by atoms with Gasteiger partial charge in [0.1, 0.15) is 0 Å². The van der Waals surface area contributed by atoms with E-state index in [0.29, 0.717) is 10.3 Å². The van der Waals surface area contributed by atoms with Crippen molar-refractivity contribution in [3.8, 4) is 0 Å². The molecule has 1 N–H and O–H groups in total. The second-order valence-corrected chi connectivity index (χ2v) is 7.99. The average Bonchev–Trinajstić information content (AvgIpc) is 2.35. The van der Waals surface area contributed by atoms with Crippen molar-refractivity contribution in [3.63, 3.8) is 0 Å². The second kappa shape index (κ2) is 5.34. The Morgan fingerprint density at radius 1 is 1.06 bits per heavy atom. The second-order valence-electron chi connectivity index (χ2n) is 6.72. The van der Waals surface area contributed by atoms with Gasteiger partial charge in [0.05, 0.1) is 0 Å². The van der Waals surface area contributed by atoms with Crippen molar-refractivity contribution in [2.75, 3.05) is 32.4 Å². The van der Waals surface area contributed by atoms with Crippen LogP contribution in [0.15, 0.2) is 0 Å². The first-order valence-electron chi connectivity index (χ1n) is 7.79. The molecule has 0 aromatic heterocycles. The van der Waals surface area contributed by atoms with E-state index in [-0.39, 0.29) is 0 Å². The summed E-state index contributed by atoms with van der Waals surface area (Å²) in [6.45, 7) is 5.14. The smallest absolute Gasteiger partial charge is 0.0309 e. The molecule has 2 nitrogen and oxygen atoms in total. The first kappa shape index (κ1) is 13.3. The zero-order chi connectivity index (χ0) is 12.5. The van der Waals surface area contributed by atoms with Crippen molar-refractivity contribution in [1.82, 2.24) is 10.2 Å². The molecule has 3 rings (SSSR count). The molecule has 104 valence electrons. The molecule has 0 aromatic rings. The van der Waals surface area contributed by atoms with E-state index in [9.17, 15) is 0 Å². The molecule has 3 aliphatic rings. The van der Waals surface area contributed by atoms with Crippen LogP contribution in [-0.2, 0) is 0 Å². The predicted molar refractivity (Wildman–Crippen MR) is 80.4 cm³/mol. The summed E-state index contributed by atoms with van der Waals surface area (Å²) >= 11 is 2.13. The van der Waals surface area contributed by atoms with Crippen molar-refractivity contribution >= 4 is 11.8 Å². The van der Waals surface area contributed by atoms with Gasteiger partial charge in [-0.1, -0.05) is 25.7 Å². The quantitative estimate of drug-likeness (QED) is 0.847. The molecule has 0 atom stereocenters. The topological polar surface area (TPSA) is 15.3 Å². The van der Waals surface area contributed by atoms with E-state index in [4.69, 9.17) is 0 Å². The van der Waals surface area contributed by atoms with Crippen LogP contribution in [0.3, 0.4) is 0 Å². The van der Waals surface area contributed by atoms with Gasteiger partial charge in [0, 0.05) is 36.5 Å². The maximum atomic E-state index is 3.86. The van der Waals surface area contributed by atoms with Crippen molar-refractivity contribution in [1.29, 1.82) is 0 Å². The zero-order valence-electron chi connectivity index (χ0n) is 11.8. The van der Waals surface area contributed by atoms with Crippen LogP contribution in [0.4, 0.5) is 0 Å². The van der Waals surface area contributed by atoms with Crippen LogP contribution in [0, 0.1) is 0 Å². The lowest BCUT2D eigenvalue weighted by Crippen LogP contribution is -2.63. The molecular formula is C15H28N2S. The Balaban J connectivity index is 1.59. The highest BCUT2D eigenvalue weighted by atomic mass is 32.2. The van der Waals surface area contributed by atoms with Gasteiger partial charge in [0.25, 0.3) is 0 Å². The van der Waals surface area contributed by atoms with E-state index in [0.717, 1.165) is 0 Å². The molecule has 0 bridgehead atoms. The normalized spacial score (nSPS) is 31.2. The van der Waals surface area contributed by atoms with Crippen LogP contribution in [0.5, 0.6) is 0 Å². The first-order valence-corrected chi connectivity index (χ1v) is 9.01. The number of piperazine rings is 1. The van der Waals surface area contributed by atoms with Crippen LogP contribution >= 0.6 is 11.8 Å². The summed E-state index contributed by atoms with van der Waals surface area (Å²) in [5, 5.41) is 3.86. The van der Waals surface area contributed by atoms with Gasteiger partial charge in [-0.15, -0.1) is 0 Å². The fraction of sp³-hybridized carbons (Fsp3) is 1.00. The molecule has 1 aliphatic heterocycles. The van der Waals surface area contributed by atoms with Gasteiger partial charge in [-0.3, -0.25) is 4.90 Å². The largest absolute Gasteiger partial charge is 0.309 e. The van der Waals surface area contributed by atoms with Gasteiger partial charge in [-0.25, -0.2) is 0 Å². The maximum absolute atomic E-state index is 3.86. The Hall–Kier alpha value is 0.270. The number of hydrogen-bond acceptors (Lipinski definition) is 3. The monoisotopic (exact) mass is 268 g/mol. The van der Waals surface area contributed by atoms with Crippen LogP contribution in [0.2, 0.25) is 0 Å². The number of rotatable bonds is 3. The van der Waals surface area contributed by atoms with E-state index in [1.165, 1.54) is 77.5 Å². The molecule has 2 aliphatic carbocycles. The summed E-state index contributed by atoms with van der Waals surface area (Å²) in [4.78, 5) is 2.78. The minimum absolute atomic E-state index is 0.486. The van der Waals surface area contributed by atoms with E-state index >= 15 is 0 Å². The van der Waals surface area contributed by atoms with Gasteiger partial charge >= 0.3 is 0 Å². The fourth-order valence-electron chi connectivity index (χ4n) is 4.15. The molecule has 0 amide bonds. The fourth-order valence-corrected chi connectivity index (χ4v) is 5.15. The number of nitrogens with zero attached hydrogens (tertiary/aromatic N) is 1. The third-order valence-electron chi connectivity index (χ3n) is 5.47. The van der Waals surface area contributed by atoms with Gasteiger partial charge in [-0.05, 0) is 31.9 Å². The van der Waals surface area contributed by atoms with Crippen molar-refractivity contribution in [2.24, 2.45) is 0 Å². The Bertz CT molecular complexity index is 271. The summed E-state index contributed by atoms with van der Waals surface area (Å²) in [6.07, 6.45) is 13.8. The molecule has 1 saturated heterocycles. The molecule has 18 heavy (non-hydrogen) atoms. The maximum Gasteiger partial charge on any atom is 0.0309 e. The standard InChI is InChI=1S/C15H28N2S/c1-18-15(8-5-9-15)13-17-11-10-16-14(12-17)6-3-2-4-7-14/h16H,2-13H2,1H3. The van der Waals surface area contributed by atoms with Gasteiger partial charge < -0.3 is 5.32 Å². The highest BCUT2D eigenvalue weighted by molar-refractivity contribution is 8.00. The summed E-state index contributed by atoms with van der Waals surface area (Å²) in [6, 6.07) is 0. The van der Waals surface area contributed by atoms with Crippen LogP contribution in [0.25, 0.3) is 0 Å². The number of hydrogen-bond donors (Lipinski definition) is 1. The molecule has 0 unspecified atom stereocenters. The molecule has 1 spiro atoms. The summed E-state index contributed by atoms with van der Waals surface area (Å²) in [7, 11) is 0. The lowest BCUT2D eigenvalue weighted by Gasteiger charge is -2.50. The molecule has 0 radical (unpaired) electrons. The van der Waals surface area contributed by atoms with Gasteiger partial charge in [-0.2, -0.15) is 11.8 Å². The molecule has 3 fully saturated rings. The number of nitrogens with one attached hydrogen (secondary N) is 1. The SMILES string of the molecule is CSC1(CN2CCNC3(CCCCC3)C2)CCC1. The third kappa shape index (κ3) is 2.59. The summed E-state index contributed by atoms with van der Waals surface area (Å²) in [5.74, 6) is 0. The van der Waals surface area contributed by atoms with Gasteiger partial charge in [0.15, 0.2) is 0 Å². The Morgan fingerprint density at radius 3 is 2.44 bits per heavy atom. The molecule has 0 aromatic carbocycles. The predicted octanol–water partition coefficient (Wildman–Crippen LogP) is 2.88. The van der Waals surface area contributed by atoms with Crippen LogP contribution < -0.4 is 5.32 Å². The lowest BCUT2D eigenvalue weighted by molar-refractivity contribution is 0.0824. The minimum atomic E-state index is 0.486. The van der Waals surface area contributed by atoms with Crippen molar-refractivity contribution in [2.45, 2.75) is 61.7 Å². The Morgan fingerprint density at radius 2 is 1.83 bits per heavy atom. The van der Waals surface area contributed by atoms with E-state index in [1.54, 1.807) is 0 Å². The Labute approximate surface area is 116 Å². The summed E-state index contributed by atoms with van der Waals surface area (Å²) < 4.78 is 0.618. The van der Waals surface area contributed by atoms with Crippen molar-refractivity contribution in [3.05, 3.63) is 0 Å². The highest BCUT2D eigenvalue weighted by Crippen LogP contribution is 2.44. The van der Waals surface area contributed by atoms with E-state index < -0.39 is 0 Å². The highest BCUT2D eigenvalue weighted by Gasteiger charge is 2.41. The van der Waals surface area contributed by atoms with Crippen LogP contribution in [-0.4, -0.2) is 47.6 Å².